The van der Waals surface area contributed by atoms with E-state index >= 15 is 0 Å². The fraction of sp³-hybridized carbons (Fsp3) is 0.591. The summed E-state index contributed by atoms with van der Waals surface area (Å²) < 4.78 is 2.25. The van der Waals surface area contributed by atoms with Crippen molar-refractivity contribution in [3.05, 3.63) is 47.5 Å². The summed E-state index contributed by atoms with van der Waals surface area (Å²) in [5.74, 6) is 2.96. The van der Waals surface area contributed by atoms with E-state index < -0.39 is 0 Å². The van der Waals surface area contributed by atoms with Crippen molar-refractivity contribution in [2.24, 2.45) is 4.99 Å². The summed E-state index contributed by atoms with van der Waals surface area (Å²) >= 11 is 0. The van der Waals surface area contributed by atoms with Gasteiger partial charge in [0.05, 0.1) is 0 Å². The monoisotopic (exact) mass is 395 g/mol. The number of hydrogen-bond acceptors (Lipinski definition) is 4. The van der Waals surface area contributed by atoms with Crippen molar-refractivity contribution in [2.45, 2.75) is 71.2 Å². The third kappa shape index (κ3) is 4.96. The largest absolute Gasteiger partial charge is 0.357 e. The van der Waals surface area contributed by atoms with Crippen LogP contribution in [0.3, 0.4) is 0 Å². The number of aromatic nitrogens is 3. The molecular formula is C22H33N7. The standard InChI is InChI=1S/C22H33N7/c1-3-23-22(24-14-21-27-26-20-11-7-8-12-29(20)21)25-19-13-17(2)28(16-19)15-18-9-5-4-6-10-18/h4-6,9-10,17,19H,3,7-8,11-16H2,1-2H3,(H2,23,24,25). The van der Waals surface area contributed by atoms with E-state index in [1.54, 1.807) is 0 Å². The normalized spacial score (nSPS) is 22.5. The zero-order chi connectivity index (χ0) is 20.1. The van der Waals surface area contributed by atoms with Crippen LogP contribution in [0, 0.1) is 0 Å². The Kier molecular flexibility index (Phi) is 6.44. The Labute approximate surface area is 173 Å². The van der Waals surface area contributed by atoms with Gasteiger partial charge >= 0.3 is 0 Å². The summed E-state index contributed by atoms with van der Waals surface area (Å²) in [4.78, 5) is 7.36. The number of likely N-dealkylation sites (tertiary alicyclic amines) is 1. The fourth-order valence-corrected chi connectivity index (χ4v) is 4.39. The molecule has 2 aromatic rings. The predicted octanol–water partition coefficient (Wildman–Crippen LogP) is 2.33. The van der Waals surface area contributed by atoms with Crippen LogP contribution >= 0.6 is 0 Å². The maximum Gasteiger partial charge on any atom is 0.191 e. The van der Waals surface area contributed by atoms with Gasteiger partial charge in [0.25, 0.3) is 0 Å². The van der Waals surface area contributed by atoms with Crippen LogP contribution < -0.4 is 10.6 Å². The third-order valence-corrected chi connectivity index (χ3v) is 5.93. The summed E-state index contributed by atoms with van der Waals surface area (Å²) in [6.07, 6.45) is 4.58. The summed E-state index contributed by atoms with van der Waals surface area (Å²) in [5.41, 5.74) is 1.37. The molecule has 156 valence electrons. The van der Waals surface area contributed by atoms with Crippen LogP contribution in [0.4, 0.5) is 0 Å². The highest BCUT2D eigenvalue weighted by Crippen LogP contribution is 2.20. The molecule has 2 unspecified atom stereocenters. The van der Waals surface area contributed by atoms with Crippen LogP contribution in [0.1, 0.15) is 50.3 Å². The Hall–Kier alpha value is -2.41. The lowest BCUT2D eigenvalue weighted by Crippen LogP contribution is -2.44. The topological polar surface area (TPSA) is 70.4 Å². The van der Waals surface area contributed by atoms with E-state index in [9.17, 15) is 0 Å². The van der Waals surface area contributed by atoms with Crippen molar-refractivity contribution in [3.8, 4) is 0 Å². The number of rotatable bonds is 6. The van der Waals surface area contributed by atoms with Crippen LogP contribution in [0.2, 0.25) is 0 Å². The molecule has 0 amide bonds. The highest BCUT2D eigenvalue weighted by molar-refractivity contribution is 5.80. The minimum atomic E-state index is 0.402. The number of guanidine groups is 1. The molecule has 0 aliphatic carbocycles. The van der Waals surface area contributed by atoms with Crippen molar-refractivity contribution >= 4 is 5.96 Å². The van der Waals surface area contributed by atoms with Gasteiger partial charge in [-0.15, -0.1) is 10.2 Å². The number of benzene rings is 1. The maximum atomic E-state index is 4.81. The van der Waals surface area contributed by atoms with Crippen LogP contribution in [0.25, 0.3) is 0 Å². The van der Waals surface area contributed by atoms with Crippen molar-refractivity contribution in [1.82, 2.24) is 30.3 Å². The second-order valence-electron chi connectivity index (χ2n) is 8.18. The molecule has 1 aromatic carbocycles. The van der Waals surface area contributed by atoms with E-state index in [-0.39, 0.29) is 0 Å². The van der Waals surface area contributed by atoms with Crippen molar-refractivity contribution in [3.63, 3.8) is 0 Å². The second kappa shape index (κ2) is 9.39. The molecule has 0 radical (unpaired) electrons. The Bertz CT molecular complexity index is 814. The van der Waals surface area contributed by atoms with Crippen LogP contribution in [0.15, 0.2) is 35.3 Å². The highest BCUT2D eigenvalue weighted by Gasteiger charge is 2.29. The quantitative estimate of drug-likeness (QED) is 0.580. The molecule has 2 N–H and O–H groups in total. The molecule has 3 heterocycles. The predicted molar refractivity (Wildman–Crippen MR) is 116 cm³/mol. The van der Waals surface area contributed by atoms with Gasteiger partial charge < -0.3 is 15.2 Å². The van der Waals surface area contributed by atoms with Crippen LogP contribution in [-0.4, -0.2) is 50.8 Å². The molecule has 7 nitrogen and oxygen atoms in total. The number of aryl methyl sites for hydroxylation is 1. The SMILES string of the molecule is CCNC(=NCc1nnc2n1CCCC2)NC1CC(C)N(Cc2ccccc2)C1. The van der Waals surface area contributed by atoms with Crippen LogP contribution in [0.5, 0.6) is 0 Å². The van der Waals surface area contributed by atoms with E-state index in [2.05, 4.69) is 74.5 Å². The lowest BCUT2D eigenvalue weighted by molar-refractivity contribution is 0.258. The Morgan fingerprint density at radius 2 is 2.07 bits per heavy atom. The zero-order valence-corrected chi connectivity index (χ0v) is 17.6. The van der Waals surface area contributed by atoms with Crippen molar-refractivity contribution in [2.75, 3.05) is 13.1 Å². The molecule has 2 aliphatic rings. The Morgan fingerprint density at radius 3 is 2.90 bits per heavy atom. The molecule has 0 saturated carbocycles. The van der Waals surface area contributed by atoms with Gasteiger partial charge in [0, 0.05) is 44.7 Å². The number of aliphatic imine (C=N–C) groups is 1. The first-order chi connectivity index (χ1) is 14.2. The lowest BCUT2D eigenvalue weighted by atomic mass is 10.2. The number of nitrogens with one attached hydrogen (secondary N) is 2. The molecule has 1 fully saturated rings. The van der Waals surface area contributed by atoms with Gasteiger partial charge in [-0.25, -0.2) is 4.99 Å². The molecule has 1 saturated heterocycles. The first-order valence-corrected chi connectivity index (χ1v) is 11.0. The average Bonchev–Trinajstić information content (AvgIpc) is 3.30. The molecule has 1 aromatic heterocycles. The molecule has 2 aliphatic heterocycles. The van der Waals surface area contributed by atoms with Gasteiger partial charge in [0.1, 0.15) is 12.4 Å². The number of nitrogens with zero attached hydrogens (tertiary/aromatic N) is 5. The lowest BCUT2D eigenvalue weighted by Gasteiger charge is -2.21. The van der Waals surface area contributed by atoms with Crippen LogP contribution in [-0.2, 0) is 26.1 Å². The second-order valence-corrected chi connectivity index (χ2v) is 8.18. The first kappa shape index (κ1) is 19.9. The van der Waals surface area contributed by atoms with E-state index in [0.717, 1.165) is 56.6 Å². The zero-order valence-electron chi connectivity index (χ0n) is 17.6. The molecule has 29 heavy (non-hydrogen) atoms. The van der Waals surface area contributed by atoms with Gasteiger partial charge in [-0.05, 0) is 38.7 Å². The fourth-order valence-electron chi connectivity index (χ4n) is 4.39. The smallest absolute Gasteiger partial charge is 0.191 e. The van der Waals surface area contributed by atoms with E-state index in [0.29, 0.717) is 18.6 Å². The molecule has 0 spiro atoms. The van der Waals surface area contributed by atoms with Gasteiger partial charge in [0.2, 0.25) is 0 Å². The number of hydrogen-bond donors (Lipinski definition) is 2. The summed E-state index contributed by atoms with van der Waals surface area (Å²) in [6.45, 7) is 8.89. The molecule has 2 atom stereocenters. The average molecular weight is 396 g/mol. The van der Waals surface area contributed by atoms with E-state index in [1.165, 1.54) is 18.4 Å². The third-order valence-electron chi connectivity index (χ3n) is 5.93. The van der Waals surface area contributed by atoms with Crippen molar-refractivity contribution < 1.29 is 0 Å². The highest BCUT2D eigenvalue weighted by atomic mass is 15.3. The summed E-state index contributed by atoms with van der Waals surface area (Å²) in [7, 11) is 0. The first-order valence-electron chi connectivity index (χ1n) is 11.0. The minimum Gasteiger partial charge on any atom is -0.357 e. The number of fused-ring (bicyclic) bond motifs is 1. The van der Waals surface area contributed by atoms with Gasteiger partial charge in [-0.2, -0.15) is 0 Å². The van der Waals surface area contributed by atoms with Crippen molar-refractivity contribution in [1.29, 1.82) is 0 Å². The summed E-state index contributed by atoms with van der Waals surface area (Å²) in [6, 6.07) is 11.7. The molecular weight excluding hydrogens is 362 g/mol. The Morgan fingerprint density at radius 1 is 1.21 bits per heavy atom. The Balaban J connectivity index is 1.36. The molecule has 7 heteroatoms. The van der Waals surface area contributed by atoms with Gasteiger partial charge in [0.15, 0.2) is 11.8 Å². The maximum absolute atomic E-state index is 4.81. The van der Waals surface area contributed by atoms with Gasteiger partial charge in [-0.3, -0.25) is 4.90 Å². The molecule has 4 rings (SSSR count). The summed E-state index contributed by atoms with van der Waals surface area (Å²) in [5, 5.41) is 15.8. The molecule has 0 bridgehead atoms. The van der Waals surface area contributed by atoms with E-state index in [1.807, 2.05) is 0 Å². The van der Waals surface area contributed by atoms with E-state index in [4.69, 9.17) is 4.99 Å². The minimum absolute atomic E-state index is 0.402. The van der Waals surface area contributed by atoms with Gasteiger partial charge in [-0.1, -0.05) is 30.3 Å².